The van der Waals surface area contributed by atoms with E-state index in [1.54, 1.807) is 18.2 Å². The van der Waals surface area contributed by atoms with Crippen LogP contribution in [0.4, 0.5) is 11.4 Å². The molecule has 0 radical (unpaired) electrons. The van der Waals surface area contributed by atoms with Crippen LogP contribution in [0.1, 0.15) is 17.5 Å². The Morgan fingerprint density at radius 3 is 2.61 bits per heavy atom. The Hall–Kier alpha value is -2.33. The molecule has 1 fully saturated rings. The highest BCUT2D eigenvalue weighted by molar-refractivity contribution is 6.30. The van der Waals surface area contributed by atoms with Gasteiger partial charge in [0, 0.05) is 10.7 Å². The summed E-state index contributed by atoms with van der Waals surface area (Å²) in [6, 6.07) is 12.2. The molecule has 1 N–H and O–H groups in total. The van der Waals surface area contributed by atoms with Gasteiger partial charge in [-0.3, -0.25) is 9.59 Å². The second kappa shape index (κ2) is 6.05. The van der Waals surface area contributed by atoms with Crippen LogP contribution in [0.3, 0.4) is 0 Å². The Morgan fingerprint density at radius 1 is 1.13 bits per heavy atom. The third-order valence-corrected chi connectivity index (χ3v) is 4.14. The van der Waals surface area contributed by atoms with Crippen LogP contribution < -0.4 is 10.2 Å². The van der Waals surface area contributed by atoms with E-state index < -0.39 is 6.04 Å². The molecular formula is C18H17ClN2O2. The fourth-order valence-electron chi connectivity index (χ4n) is 2.83. The molecule has 1 saturated heterocycles. The molecule has 5 heteroatoms. The minimum Gasteiger partial charge on any atom is -0.373 e. The molecule has 2 aromatic rings. The lowest BCUT2D eigenvalue weighted by atomic mass is 10.1. The van der Waals surface area contributed by atoms with Gasteiger partial charge in [-0.15, -0.1) is 0 Å². The van der Waals surface area contributed by atoms with Crippen molar-refractivity contribution in [3.05, 3.63) is 58.6 Å². The molecule has 0 unspecified atom stereocenters. The maximum Gasteiger partial charge on any atom is 0.256 e. The van der Waals surface area contributed by atoms with Crippen LogP contribution in [0.2, 0.25) is 5.02 Å². The van der Waals surface area contributed by atoms with Crippen LogP contribution in [0.25, 0.3) is 0 Å². The van der Waals surface area contributed by atoms with Crippen molar-refractivity contribution in [2.24, 2.45) is 0 Å². The predicted molar refractivity (Wildman–Crippen MR) is 91.9 cm³/mol. The van der Waals surface area contributed by atoms with E-state index in [0.29, 0.717) is 10.7 Å². The first-order chi connectivity index (χ1) is 11.0. The quantitative estimate of drug-likeness (QED) is 0.874. The maximum atomic E-state index is 12.7. The van der Waals surface area contributed by atoms with Gasteiger partial charge in [0.1, 0.15) is 6.04 Å². The van der Waals surface area contributed by atoms with Gasteiger partial charge >= 0.3 is 0 Å². The molecule has 0 saturated carbocycles. The van der Waals surface area contributed by atoms with Crippen LogP contribution in [0.5, 0.6) is 0 Å². The lowest BCUT2D eigenvalue weighted by Crippen LogP contribution is -2.35. The molecule has 0 spiro atoms. The normalized spacial score (nSPS) is 17.7. The predicted octanol–water partition coefficient (Wildman–Crippen LogP) is 3.70. The number of hydrogen-bond donors (Lipinski definition) is 1. The van der Waals surface area contributed by atoms with Gasteiger partial charge in [-0.2, -0.15) is 0 Å². The molecule has 2 amide bonds. The molecular weight excluding hydrogens is 312 g/mol. The Bertz CT molecular complexity index is 788. The summed E-state index contributed by atoms with van der Waals surface area (Å²) in [7, 11) is 0. The van der Waals surface area contributed by atoms with Crippen molar-refractivity contribution in [1.29, 1.82) is 0 Å². The lowest BCUT2D eigenvalue weighted by molar-refractivity contribution is -0.121. The lowest BCUT2D eigenvalue weighted by Gasteiger charge is -2.18. The Balaban J connectivity index is 1.85. The van der Waals surface area contributed by atoms with E-state index in [0.717, 1.165) is 16.8 Å². The van der Waals surface area contributed by atoms with Crippen LogP contribution in [-0.2, 0) is 9.59 Å². The third-order valence-electron chi connectivity index (χ3n) is 3.91. The molecule has 1 heterocycles. The molecule has 23 heavy (non-hydrogen) atoms. The van der Waals surface area contributed by atoms with Crippen molar-refractivity contribution in [3.8, 4) is 0 Å². The summed E-state index contributed by atoms with van der Waals surface area (Å²) in [5, 5.41) is 3.68. The van der Waals surface area contributed by atoms with Gasteiger partial charge < -0.3 is 5.32 Å². The van der Waals surface area contributed by atoms with Crippen molar-refractivity contribution >= 4 is 34.8 Å². The van der Waals surface area contributed by atoms with E-state index >= 15 is 0 Å². The standard InChI is InChI=1S/C18H17ClN2O2/c1-11-6-7-16(12(2)8-11)21-17(22)10-15(18(21)23)20-14-5-3-4-13(19)9-14/h3-9,15,20H,10H2,1-2H3/t15-/m0/s1. The van der Waals surface area contributed by atoms with Crippen LogP contribution in [-0.4, -0.2) is 17.9 Å². The van der Waals surface area contributed by atoms with Gasteiger partial charge in [-0.1, -0.05) is 35.4 Å². The van der Waals surface area contributed by atoms with Crippen molar-refractivity contribution in [1.82, 2.24) is 0 Å². The van der Waals surface area contributed by atoms with Crippen LogP contribution in [0, 0.1) is 13.8 Å². The molecule has 2 aromatic carbocycles. The van der Waals surface area contributed by atoms with Crippen LogP contribution >= 0.6 is 11.6 Å². The number of nitrogens with one attached hydrogen (secondary N) is 1. The first kappa shape index (κ1) is 15.6. The largest absolute Gasteiger partial charge is 0.373 e. The van der Waals surface area contributed by atoms with Gasteiger partial charge in [0.05, 0.1) is 12.1 Å². The monoisotopic (exact) mass is 328 g/mol. The zero-order valence-electron chi connectivity index (χ0n) is 13.0. The summed E-state index contributed by atoms with van der Waals surface area (Å²) in [6.45, 7) is 3.88. The first-order valence-corrected chi connectivity index (χ1v) is 7.79. The molecule has 4 nitrogen and oxygen atoms in total. The zero-order valence-corrected chi connectivity index (χ0v) is 13.7. The topological polar surface area (TPSA) is 49.4 Å². The van der Waals surface area contributed by atoms with E-state index in [1.165, 1.54) is 4.90 Å². The number of nitrogens with zero attached hydrogens (tertiary/aromatic N) is 1. The highest BCUT2D eigenvalue weighted by Gasteiger charge is 2.40. The van der Waals surface area contributed by atoms with Gasteiger partial charge in [0.2, 0.25) is 5.91 Å². The Morgan fingerprint density at radius 2 is 1.91 bits per heavy atom. The first-order valence-electron chi connectivity index (χ1n) is 7.42. The minimum absolute atomic E-state index is 0.138. The number of rotatable bonds is 3. The molecule has 0 aliphatic carbocycles. The number of aryl methyl sites for hydroxylation is 2. The molecule has 118 valence electrons. The number of carbonyl (C=O) groups excluding carboxylic acids is 2. The Kier molecular flexibility index (Phi) is 4.09. The number of anilines is 2. The highest BCUT2D eigenvalue weighted by Crippen LogP contribution is 2.28. The number of imide groups is 1. The van der Waals surface area contributed by atoms with Gasteiger partial charge in [0.15, 0.2) is 0 Å². The van der Waals surface area contributed by atoms with Crippen LogP contribution in [0.15, 0.2) is 42.5 Å². The SMILES string of the molecule is Cc1ccc(N2C(=O)C[C@H](Nc3cccc(Cl)c3)C2=O)c(C)c1. The fourth-order valence-corrected chi connectivity index (χ4v) is 3.02. The van der Waals surface area contributed by atoms with Crippen molar-refractivity contribution in [3.63, 3.8) is 0 Å². The summed E-state index contributed by atoms with van der Waals surface area (Å²) in [4.78, 5) is 26.3. The molecule has 1 aliphatic rings. The number of carbonyl (C=O) groups is 2. The zero-order chi connectivity index (χ0) is 16.6. The summed E-state index contributed by atoms with van der Waals surface area (Å²) in [6.07, 6.45) is 0.138. The second-order valence-corrected chi connectivity index (χ2v) is 6.21. The van der Waals surface area contributed by atoms with E-state index in [4.69, 9.17) is 11.6 Å². The van der Waals surface area contributed by atoms with Crippen molar-refractivity contribution in [2.75, 3.05) is 10.2 Å². The van der Waals surface area contributed by atoms with Gasteiger partial charge in [0.25, 0.3) is 5.91 Å². The molecule has 1 aliphatic heterocycles. The fraction of sp³-hybridized carbons (Fsp3) is 0.222. The molecule has 3 rings (SSSR count). The van der Waals surface area contributed by atoms with E-state index in [1.807, 2.05) is 38.1 Å². The van der Waals surface area contributed by atoms with Gasteiger partial charge in [-0.05, 0) is 43.7 Å². The van der Waals surface area contributed by atoms with E-state index in [2.05, 4.69) is 5.32 Å². The molecule has 1 atom stereocenters. The maximum absolute atomic E-state index is 12.7. The summed E-state index contributed by atoms with van der Waals surface area (Å²) < 4.78 is 0. The number of halogens is 1. The number of hydrogen-bond acceptors (Lipinski definition) is 3. The number of amides is 2. The summed E-state index contributed by atoms with van der Waals surface area (Å²) in [5.41, 5.74) is 3.39. The summed E-state index contributed by atoms with van der Waals surface area (Å²) >= 11 is 5.95. The van der Waals surface area contributed by atoms with Crippen molar-refractivity contribution in [2.45, 2.75) is 26.3 Å². The average Bonchev–Trinajstić information content (AvgIpc) is 2.74. The number of benzene rings is 2. The van der Waals surface area contributed by atoms with E-state index in [9.17, 15) is 9.59 Å². The average molecular weight is 329 g/mol. The van der Waals surface area contributed by atoms with E-state index in [-0.39, 0.29) is 18.2 Å². The van der Waals surface area contributed by atoms with Gasteiger partial charge in [-0.25, -0.2) is 4.90 Å². The third kappa shape index (κ3) is 3.08. The Labute approximate surface area is 140 Å². The highest BCUT2D eigenvalue weighted by atomic mass is 35.5. The molecule has 0 bridgehead atoms. The second-order valence-electron chi connectivity index (χ2n) is 5.77. The minimum atomic E-state index is -0.568. The molecule has 0 aromatic heterocycles. The van der Waals surface area contributed by atoms with Crippen molar-refractivity contribution < 1.29 is 9.59 Å². The smallest absolute Gasteiger partial charge is 0.256 e. The summed E-state index contributed by atoms with van der Waals surface area (Å²) in [5.74, 6) is -0.427.